The van der Waals surface area contributed by atoms with Gasteiger partial charge in [-0.3, -0.25) is 10.3 Å². The molecule has 0 saturated carbocycles. The van der Waals surface area contributed by atoms with E-state index in [9.17, 15) is 18.5 Å². The summed E-state index contributed by atoms with van der Waals surface area (Å²) in [6.07, 6.45) is -2.89. The molecule has 0 rings (SSSR count). The van der Waals surface area contributed by atoms with Crippen molar-refractivity contribution < 1.29 is 28.3 Å². The number of amides is 2. The highest BCUT2D eigenvalue weighted by Gasteiger charge is 2.27. The summed E-state index contributed by atoms with van der Waals surface area (Å²) in [5.74, 6) is -0.726. The van der Waals surface area contributed by atoms with E-state index in [0.717, 1.165) is 4.31 Å². The van der Waals surface area contributed by atoms with Crippen LogP contribution in [0, 0.1) is 5.41 Å². The zero-order valence-corrected chi connectivity index (χ0v) is 13.0. The Morgan fingerprint density at radius 2 is 2.00 bits per heavy atom. The first-order valence-corrected chi connectivity index (χ1v) is 7.46. The summed E-state index contributed by atoms with van der Waals surface area (Å²) in [5.41, 5.74) is 0. The zero-order chi connectivity index (χ0) is 15.9. The van der Waals surface area contributed by atoms with E-state index in [-0.39, 0.29) is 17.0 Å². The molecule has 0 heterocycles. The number of nitrogens with one attached hydrogen (secondary N) is 1. The number of halogens is 1. The van der Waals surface area contributed by atoms with Crippen LogP contribution in [0.25, 0.3) is 0 Å². The van der Waals surface area contributed by atoms with Crippen LogP contribution < -0.4 is 0 Å². The van der Waals surface area contributed by atoms with Gasteiger partial charge in [0, 0.05) is 14.0 Å². The SMILES string of the molecule is CC(=N)OOC(=O)N(C)SN(C[S+]([O-])C(C)C)C(=O)F. The number of hydrogen-bond acceptors (Lipinski definition) is 7. The van der Waals surface area contributed by atoms with E-state index in [2.05, 4.69) is 9.78 Å². The van der Waals surface area contributed by atoms with Crippen LogP contribution in [-0.4, -0.2) is 49.5 Å². The van der Waals surface area contributed by atoms with Gasteiger partial charge in [0.2, 0.25) is 5.90 Å². The summed E-state index contributed by atoms with van der Waals surface area (Å²) < 4.78 is 25.7. The second-order valence-corrected chi connectivity index (χ2v) is 6.87. The average molecular weight is 329 g/mol. The van der Waals surface area contributed by atoms with E-state index >= 15 is 0 Å². The van der Waals surface area contributed by atoms with Gasteiger partial charge < -0.3 is 4.55 Å². The fourth-order valence-electron chi connectivity index (χ4n) is 0.703. The van der Waals surface area contributed by atoms with Crippen LogP contribution in [0.3, 0.4) is 0 Å². The van der Waals surface area contributed by atoms with Crippen molar-refractivity contribution in [2.75, 3.05) is 12.9 Å². The van der Waals surface area contributed by atoms with Crippen LogP contribution in [0.4, 0.5) is 14.0 Å². The smallest absolute Gasteiger partial charge is 0.463 e. The summed E-state index contributed by atoms with van der Waals surface area (Å²) in [6, 6.07) is 0. The average Bonchev–Trinajstić information content (AvgIpc) is 2.34. The number of nitrogens with zero attached hydrogens (tertiary/aromatic N) is 2. The molecule has 0 radical (unpaired) electrons. The van der Waals surface area contributed by atoms with Gasteiger partial charge in [-0.25, -0.2) is 18.8 Å². The van der Waals surface area contributed by atoms with Crippen LogP contribution in [-0.2, 0) is 21.0 Å². The Balaban J connectivity index is 4.47. The van der Waals surface area contributed by atoms with Gasteiger partial charge in [-0.2, -0.15) is 4.31 Å². The molecule has 0 spiro atoms. The molecule has 20 heavy (non-hydrogen) atoms. The lowest BCUT2D eigenvalue weighted by Gasteiger charge is -2.24. The molecule has 1 N–H and O–H groups in total. The molecule has 0 aromatic carbocycles. The number of carbonyl (C=O) groups excluding carboxylic acids is 2. The molecule has 0 aliphatic carbocycles. The van der Waals surface area contributed by atoms with Crippen LogP contribution in [0.5, 0.6) is 0 Å². The van der Waals surface area contributed by atoms with Gasteiger partial charge in [0.15, 0.2) is 5.88 Å². The first kappa shape index (κ1) is 18.8. The molecule has 0 bridgehead atoms. The number of hydrogen-bond donors (Lipinski definition) is 1. The highest BCUT2D eigenvalue weighted by molar-refractivity contribution is 7.97. The van der Waals surface area contributed by atoms with E-state index in [4.69, 9.17) is 5.41 Å². The Kier molecular flexibility index (Phi) is 8.34. The van der Waals surface area contributed by atoms with Gasteiger partial charge in [0.25, 0.3) is 0 Å². The first-order valence-electron chi connectivity index (χ1n) is 5.34. The molecular formula is C9H16FN3O5S2. The molecular weight excluding hydrogens is 313 g/mol. The van der Waals surface area contributed by atoms with Crippen LogP contribution in [0.2, 0.25) is 0 Å². The van der Waals surface area contributed by atoms with E-state index < -0.39 is 23.4 Å². The lowest BCUT2D eigenvalue weighted by Crippen LogP contribution is -2.35. The van der Waals surface area contributed by atoms with Crippen molar-refractivity contribution in [3.05, 3.63) is 0 Å². The Labute approximate surface area is 123 Å². The van der Waals surface area contributed by atoms with Crippen LogP contribution in [0.1, 0.15) is 20.8 Å². The third kappa shape index (κ3) is 7.40. The highest BCUT2D eigenvalue weighted by atomic mass is 32.2. The molecule has 2 amide bonds. The van der Waals surface area contributed by atoms with Crippen molar-refractivity contribution in [3.8, 4) is 0 Å². The van der Waals surface area contributed by atoms with Crippen molar-refractivity contribution in [3.63, 3.8) is 0 Å². The zero-order valence-electron chi connectivity index (χ0n) is 11.4. The summed E-state index contributed by atoms with van der Waals surface area (Å²) in [5, 5.41) is 6.62. The molecule has 0 aliphatic rings. The molecule has 0 aromatic heterocycles. The fourth-order valence-corrected chi connectivity index (χ4v) is 2.29. The lowest BCUT2D eigenvalue weighted by molar-refractivity contribution is -0.164. The molecule has 116 valence electrons. The quantitative estimate of drug-likeness (QED) is 0.121. The summed E-state index contributed by atoms with van der Waals surface area (Å²) in [4.78, 5) is 30.5. The van der Waals surface area contributed by atoms with Crippen molar-refractivity contribution in [2.45, 2.75) is 26.0 Å². The monoisotopic (exact) mass is 329 g/mol. The van der Waals surface area contributed by atoms with E-state index in [1.807, 2.05) is 0 Å². The minimum Gasteiger partial charge on any atom is -0.615 e. The first-order chi connectivity index (χ1) is 9.15. The van der Waals surface area contributed by atoms with Gasteiger partial charge in [-0.05, 0) is 25.0 Å². The van der Waals surface area contributed by atoms with Gasteiger partial charge in [-0.1, -0.05) is 0 Å². The van der Waals surface area contributed by atoms with Gasteiger partial charge in [0.1, 0.15) is 5.25 Å². The normalized spacial score (nSPS) is 11.8. The lowest BCUT2D eigenvalue weighted by atomic mass is 10.6. The maximum atomic E-state index is 12.8. The van der Waals surface area contributed by atoms with E-state index in [1.165, 1.54) is 14.0 Å². The molecule has 0 aliphatic heterocycles. The van der Waals surface area contributed by atoms with Gasteiger partial charge in [-0.15, -0.1) is 4.39 Å². The predicted molar refractivity (Wildman–Crippen MR) is 72.8 cm³/mol. The fraction of sp³-hybridized carbons (Fsp3) is 0.667. The molecule has 0 saturated heterocycles. The Morgan fingerprint density at radius 1 is 1.45 bits per heavy atom. The minimum atomic E-state index is -1.84. The maximum absolute atomic E-state index is 12.8. The third-order valence-electron chi connectivity index (χ3n) is 1.68. The predicted octanol–water partition coefficient (Wildman–Crippen LogP) is 2.05. The summed E-state index contributed by atoms with van der Waals surface area (Å²) in [7, 11) is 1.20. The molecule has 11 heteroatoms. The number of rotatable bonds is 5. The number of carbonyl (C=O) groups is 2. The minimum absolute atomic E-state index is 0.265. The molecule has 0 fully saturated rings. The van der Waals surface area contributed by atoms with Crippen LogP contribution in [0.15, 0.2) is 0 Å². The summed E-state index contributed by atoms with van der Waals surface area (Å²) >= 11 is -1.08. The molecule has 1 atom stereocenters. The maximum Gasteiger partial charge on any atom is 0.463 e. The van der Waals surface area contributed by atoms with Crippen molar-refractivity contribution >= 4 is 41.5 Å². The molecule has 1 unspecified atom stereocenters. The molecule has 0 aromatic rings. The Bertz CT molecular complexity index is 371. The Hall–Kier alpha value is -1.20. The van der Waals surface area contributed by atoms with Gasteiger partial charge >= 0.3 is 12.3 Å². The van der Waals surface area contributed by atoms with E-state index in [1.54, 1.807) is 13.8 Å². The topological polar surface area (TPSA) is 106 Å². The van der Waals surface area contributed by atoms with Crippen molar-refractivity contribution in [1.82, 2.24) is 8.61 Å². The standard InChI is InChI=1S/C9H16FN3O5S2/c1-6(2)20(16)5-13(8(10)14)19-12(4)9(15)18-17-7(3)11/h6,11H,5H2,1-4H3. The Morgan fingerprint density at radius 3 is 2.40 bits per heavy atom. The highest BCUT2D eigenvalue weighted by Crippen LogP contribution is 2.19. The largest absolute Gasteiger partial charge is 0.615 e. The second kappa shape index (κ2) is 8.87. The third-order valence-corrected chi connectivity index (χ3v) is 4.27. The van der Waals surface area contributed by atoms with E-state index in [0.29, 0.717) is 16.4 Å². The summed E-state index contributed by atoms with van der Waals surface area (Å²) in [6.45, 7) is 4.55. The molecule has 8 nitrogen and oxygen atoms in total. The second-order valence-electron chi connectivity index (χ2n) is 3.76. The van der Waals surface area contributed by atoms with Crippen LogP contribution >= 0.6 is 12.1 Å². The van der Waals surface area contributed by atoms with Crippen molar-refractivity contribution in [2.24, 2.45) is 0 Å². The van der Waals surface area contributed by atoms with Crippen molar-refractivity contribution in [1.29, 1.82) is 5.41 Å². The van der Waals surface area contributed by atoms with Gasteiger partial charge in [0.05, 0.1) is 12.1 Å².